The average Bonchev–Trinajstić information content (AvgIpc) is 3.10. The van der Waals surface area contributed by atoms with Crippen LogP contribution >= 0.6 is 22.7 Å². The fourth-order valence-corrected chi connectivity index (χ4v) is 3.25. The molecule has 0 aliphatic carbocycles. The Hall–Kier alpha value is -1.43. The molecule has 0 aliphatic rings. The first-order valence-electron chi connectivity index (χ1n) is 6.04. The number of thiazole rings is 1. The molecule has 0 saturated heterocycles. The highest BCUT2D eigenvalue weighted by molar-refractivity contribution is 7.09. The van der Waals surface area contributed by atoms with Crippen molar-refractivity contribution >= 4 is 22.7 Å². The highest BCUT2D eigenvalue weighted by Gasteiger charge is 2.11. The topological polar surface area (TPSA) is 29.3 Å². The van der Waals surface area contributed by atoms with Crippen LogP contribution in [0.2, 0.25) is 0 Å². The Balaban J connectivity index is 1.70. The van der Waals surface area contributed by atoms with Gasteiger partial charge in [-0.05, 0) is 23.6 Å². The van der Waals surface area contributed by atoms with Crippen molar-refractivity contribution < 1.29 is 4.42 Å². The molecule has 0 unspecified atom stereocenters. The molecule has 5 heteroatoms. The Kier molecular flexibility index (Phi) is 4.07. The summed E-state index contributed by atoms with van der Waals surface area (Å²) in [5, 5.41) is 4.22. The van der Waals surface area contributed by atoms with E-state index in [-0.39, 0.29) is 0 Å². The molecule has 0 fully saturated rings. The van der Waals surface area contributed by atoms with Crippen molar-refractivity contribution in [2.75, 3.05) is 0 Å². The van der Waals surface area contributed by atoms with Crippen LogP contribution in [0.1, 0.15) is 16.3 Å². The maximum atomic E-state index is 5.45. The summed E-state index contributed by atoms with van der Waals surface area (Å²) in [6.07, 6.45) is 1.72. The monoisotopic (exact) mass is 290 g/mol. The minimum Gasteiger partial charge on any atom is -0.468 e. The molecule has 98 valence electrons. The van der Waals surface area contributed by atoms with Gasteiger partial charge in [0.05, 0.1) is 24.0 Å². The summed E-state index contributed by atoms with van der Waals surface area (Å²) >= 11 is 3.43. The van der Waals surface area contributed by atoms with E-state index < -0.39 is 0 Å². The van der Waals surface area contributed by atoms with Crippen molar-refractivity contribution in [2.24, 2.45) is 0 Å². The Morgan fingerprint density at radius 1 is 1.16 bits per heavy atom. The van der Waals surface area contributed by atoms with Crippen LogP contribution in [0.15, 0.2) is 51.2 Å². The predicted octanol–water partition coefficient (Wildman–Crippen LogP) is 4.00. The lowest BCUT2D eigenvalue weighted by atomic mass is 10.3. The summed E-state index contributed by atoms with van der Waals surface area (Å²) in [6.45, 7) is 2.58. The van der Waals surface area contributed by atoms with Gasteiger partial charge in [0.25, 0.3) is 0 Å². The van der Waals surface area contributed by atoms with Gasteiger partial charge >= 0.3 is 0 Å². The van der Waals surface area contributed by atoms with Crippen molar-refractivity contribution in [1.29, 1.82) is 0 Å². The van der Waals surface area contributed by atoms with E-state index in [9.17, 15) is 0 Å². The summed E-state index contributed by atoms with van der Waals surface area (Å²) in [7, 11) is 0. The lowest BCUT2D eigenvalue weighted by Crippen LogP contribution is -2.21. The van der Waals surface area contributed by atoms with Crippen LogP contribution in [-0.2, 0) is 19.6 Å². The zero-order valence-electron chi connectivity index (χ0n) is 10.4. The van der Waals surface area contributed by atoms with E-state index in [0.717, 1.165) is 31.1 Å². The first kappa shape index (κ1) is 12.6. The normalized spacial score (nSPS) is 11.2. The van der Waals surface area contributed by atoms with Gasteiger partial charge in [0.1, 0.15) is 5.76 Å². The fraction of sp³-hybridized carbons (Fsp3) is 0.214. The highest BCUT2D eigenvalue weighted by atomic mass is 32.1. The highest BCUT2D eigenvalue weighted by Crippen LogP contribution is 2.17. The molecule has 0 radical (unpaired) electrons. The lowest BCUT2D eigenvalue weighted by molar-refractivity contribution is 0.226. The van der Waals surface area contributed by atoms with Crippen molar-refractivity contribution in [3.63, 3.8) is 0 Å². The van der Waals surface area contributed by atoms with Crippen LogP contribution in [0.5, 0.6) is 0 Å². The van der Waals surface area contributed by atoms with Crippen LogP contribution in [-0.4, -0.2) is 9.88 Å². The molecule has 0 N–H and O–H groups in total. The van der Waals surface area contributed by atoms with Gasteiger partial charge in [0.15, 0.2) is 0 Å². The third-order valence-electron chi connectivity index (χ3n) is 2.79. The minimum atomic E-state index is 0.808. The van der Waals surface area contributed by atoms with E-state index in [4.69, 9.17) is 4.42 Å². The van der Waals surface area contributed by atoms with Crippen molar-refractivity contribution in [2.45, 2.75) is 19.6 Å². The smallest absolute Gasteiger partial charge is 0.117 e. The summed E-state index contributed by atoms with van der Waals surface area (Å²) in [5.41, 5.74) is 3.00. The fourth-order valence-electron chi connectivity index (χ4n) is 1.96. The number of aromatic nitrogens is 1. The quantitative estimate of drug-likeness (QED) is 0.687. The van der Waals surface area contributed by atoms with Crippen molar-refractivity contribution in [3.05, 3.63) is 63.1 Å². The van der Waals surface area contributed by atoms with Gasteiger partial charge in [0.2, 0.25) is 0 Å². The Morgan fingerprint density at radius 2 is 2.16 bits per heavy atom. The van der Waals surface area contributed by atoms with E-state index in [1.165, 1.54) is 4.88 Å². The van der Waals surface area contributed by atoms with Crippen molar-refractivity contribution in [3.8, 4) is 0 Å². The minimum absolute atomic E-state index is 0.808. The molecule has 3 aromatic heterocycles. The van der Waals surface area contributed by atoms with Gasteiger partial charge in [-0.2, -0.15) is 0 Å². The summed E-state index contributed by atoms with van der Waals surface area (Å²) in [4.78, 5) is 8.07. The zero-order valence-corrected chi connectivity index (χ0v) is 12.0. The Labute approximate surface area is 120 Å². The molecule has 0 atom stereocenters. The van der Waals surface area contributed by atoms with Crippen LogP contribution < -0.4 is 0 Å². The molecule has 0 aliphatic heterocycles. The zero-order chi connectivity index (χ0) is 12.9. The number of furan rings is 1. The molecule has 0 amide bonds. The van der Waals surface area contributed by atoms with E-state index in [1.54, 1.807) is 28.9 Å². The van der Waals surface area contributed by atoms with Crippen LogP contribution in [0.4, 0.5) is 0 Å². The predicted molar refractivity (Wildman–Crippen MR) is 78.1 cm³/mol. The Morgan fingerprint density at radius 3 is 2.84 bits per heavy atom. The molecule has 3 aromatic rings. The van der Waals surface area contributed by atoms with Crippen LogP contribution in [0.3, 0.4) is 0 Å². The molecule has 3 heterocycles. The maximum absolute atomic E-state index is 5.45. The van der Waals surface area contributed by atoms with Gasteiger partial charge in [-0.3, -0.25) is 4.90 Å². The molecule has 0 spiro atoms. The second-order valence-corrected chi connectivity index (χ2v) is 6.03. The van der Waals surface area contributed by atoms with Crippen LogP contribution in [0, 0.1) is 0 Å². The number of hydrogen-bond donors (Lipinski definition) is 0. The molecule has 0 bridgehead atoms. The standard InChI is InChI=1S/C14H14N2OS2/c1-3-13(17-5-1)8-16(7-12-10-18-11-15-12)9-14-4-2-6-19-14/h1-6,10-11H,7-9H2. The molecular weight excluding hydrogens is 276 g/mol. The molecule has 3 nitrogen and oxygen atoms in total. The van der Waals surface area contributed by atoms with E-state index in [0.29, 0.717) is 0 Å². The van der Waals surface area contributed by atoms with Gasteiger partial charge in [-0.1, -0.05) is 6.07 Å². The number of nitrogens with zero attached hydrogens (tertiary/aromatic N) is 2. The Bertz CT molecular complexity index is 487. The molecule has 0 aromatic carbocycles. The third-order valence-corrected chi connectivity index (χ3v) is 4.28. The summed E-state index contributed by atoms with van der Waals surface area (Å²) in [5.74, 6) is 0.992. The maximum Gasteiger partial charge on any atom is 0.117 e. The van der Waals surface area contributed by atoms with Crippen molar-refractivity contribution in [1.82, 2.24) is 9.88 Å². The van der Waals surface area contributed by atoms with Crippen LogP contribution in [0.25, 0.3) is 0 Å². The second kappa shape index (κ2) is 6.14. The lowest BCUT2D eigenvalue weighted by Gasteiger charge is -2.19. The first-order valence-corrected chi connectivity index (χ1v) is 7.86. The van der Waals surface area contributed by atoms with Gasteiger partial charge in [-0.15, -0.1) is 22.7 Å². The van der Waals surface area contributed by atoms with Gasteiger partial charge in [0, 0.05) is 23.3 Å². The molecule has 19 heavy (non-hydrogen) atoms. The molecule has 0 saturated carbocycles. The molecule has 3 rings (SSSR count). The van der Waals surface area contributed by atoms with E-state index in [2.05, 4.69) is 32.8 Å². The summed E-state index contributed by atoms with van der Waals surface area (Å²) in [6, 6.07) is 8.21. The third kappa shape index (κ3) is 3.53. The number of rotatable bonds is 6. The molecular formula is C14H14N2OS2. The number of hydrogen-bond acceptors (Lipinski definition) is 5. The average molecular weight is 290 g/mol. The van der Waals surface area contributed by atoms with E-state index in [1.807, 2.05) is 17.6 Å². The summed E-state index contributed by atoms with van der Waals surface area (Å²) < 4.78 is 5.45. The largest absolute Gasteiger partial charge is 0.468 e. The number of thiophene rings is 1. The van der Waals surface area contributed by atoms with E-state index >= 15 is 0 Å². The van der Waals surface area contributed by atoms with Gasteiger partial charge < -0.3 is 4.42 Å². The second-order valence-electron chi connectivity index (χ2n) is 4.28. The SMILES string of the molecule is c1coc(CN(Cc2cscn2)Cc2cccs2)c1. The van der Waals surface area contributed by atoms with Gasteiger partial charge in [-0.25, -0.2) is 4.98 Å². The first-order chi connectivity index (χ1) is 9.40.